The van der Waals surface area contributed by atoms with Crippen molar-refractivity contribution in [2.45, 2.75) is 19.8 Å². The second kappa shape index (κ2) is 7.38. The van der Waals surface area contributed by atoms with Crippen molar-refractivity contribution in [1.82, 2.24) is 0 Å². The molecule has 1 amide bonds. The minimum absolute atomic E-state index is 0.0216. The summed E-state index contributed by atoms with van der Waals surface area (Å²) in [6.07, 6.45) is 1.26. The monoisotopic (exact) mass is 314 g/mol. The molecule has 1 unspecified atom stereocenters. The number of ether oxygens (including phenoxy) is 1. The lowest BCUT2D eigenvalue weighted by molar-refractivity contribution is -0.116. The fourth-order valence-corrected chi connectivity index (χ4v) is 1.85. The van der Waals surface area contributed by atoms with Gasteiger partial charge in [-0.25, -0.2) is 0 Å². The molecule has 0 aliphatic carbocycles. The maximum atomic E-state index is 11.8. The van der Waals surface area contributed by atoms with E-state index in [9.17, 15) is 4.79 Å². The Hall–Kier alpha value is -1.07. The molecule has 0 aromatic heterocycles. The molecule has 1 atom stereocenters. The van der Waals surface area contributed by atoms with E-state index < -0.39 is 0 Å². The van der Waals surface area contributed by atoms with Crippen molar-refractivity contribution in [2.75, 3.05) is 19.0 Å². The predicted octanol–water partition coefficient (Wildman–Crippen LogP) is 2.77. The molecule has 5 heteroatoms. The summed E-state index contributed by atoms with van der Waals surface area (Å²) in [7, 11) is 1.58. The zero-order valence-electron chi connectivity index (χ0n) is 10.7. The number of amides is 1. The van der Waals surface area contributed by atoms with E-state index in [0.29, 0.717) is 30.3 Å². The highest BCUT2D eigenvalue weighted by molar-refractivity contribution is 9.10. The minimum Gasteiger partial charge on any atom is -0.495 e. The first-order chi connectivity index (χ1) is 8.56. The molecular formula is C13H19BrN2O2. The Morgan fingerprint density at radius 2 is 2.28 bits per heavy atom. The van der Waals surface area contributed by atoms with Crippen molar-refractivity contribution in [3.8, 4) is 5.75 Å². The van der Waals surface area contributed by atoms with Crippen LogP contribution in [0.15, 0.2) is 22.7 Å². The molecule has 0 fully saturated rings. The van der Waals surface area contributed by atoms with E-state index in [1.54, 1.807) is 7.11 Å². The average molecular weight is 315 g/mol. The predicted molar refractivity (Wildman–Crippen MR) is 76.8 cm³/mol. The van der Waals surface area contributed by atoms with Gasteiger partial charge in [-0.05, 0) is 37.1 Å². The molecule has 1 aromatic carbocycles. The van der Waals surface area contributed by atoms with Crippen LogP contribution in [0, 0.1) is 5.92 Å². The Kier molecular flexibility index (Phi) is 6.15. The maximum absolute atomic E-state index is 11.8. The van der Waals surface area contributed by atoms with Crippen molar-refractivity contribution in [3.63, 3.8) is 0 Å². The zero-order chi connectivity index (χ0) is 13.5. The van der Waals surface area contributed by atoms with Crippen LogP contribution in [0.2, 0.25) is 0 Å². The molecule has 100 valence electrons. The Balaban J connectivity index is 2.61. The molecule has 4 nitrogen and oxygen atoms in total. The Labute approximate surface area is 116 Å². The Morgan fingerprint density at radius 1 is 1.56 bits per heavy atom. The van der Waals surface area contributed by atoms with Crippen LogP contribution in [-0.2, 0) is 4.79 Å². The Bertz CT molecular complexity index is 410. The van der Waals surface area contributed by atoms with E-state index >= 15 is 0 Å². The van der Waals surface area contributed by atoms with E-state index in [1.165, 1.54) is 0 Å². The lowest BCUT2D eigenvalue weighted by atomic mass is 10.1. The van der Waals surface area contributed by atoms with Gasteiger partial charge in [0.15, 0.2) is 0 Å². The van der Waals surface area contributed by atoms with Gasteiger partial charge in [0, 0.05) is 10.9 Å². The summed E-state index contributed by atoms with van der Waals surface area (Å²) in [4.78, 5) is 11.8. The van der Waals surface area contributed by atoms with E-state index in [2.05, 4.69) is 21.2 Å². The number of rotatable bonds is 6. The first-order valence-electron chi connectivity index (χ1n) is 5.90. The third-order valence-electron chi connectivity index (χ3n) is 2.70. The van der Waals surface area contributed by atoms with Crippen LogP contribution in [-0.4, -0.2) is 19.6 Å². The van der Waals surface area contributed by atoms with Crippen molar-refractivity contribution in [1.29, 1.82) is 0 Å². The molecule has 0 bridgehead atoms. The summed E-state index contributed by atoms with van der Waals surface area (Å²) in [5.74, 6) is 0.991. The molecule has 0 aliphatic rings. The summed E-state index contributed by atoms with van der Waals surface area (Å²) < 4.78 is 6.09. The molecule has 3 N–H and O–H groups in total. The van der Waals surface area contributed by atoms with Crippen LogP contribution >= 0.6 is 15.9 Å². The highest BCUT2D eigenvalue weighted by Crippen LogP contribution is 2.28. The highest BCUT2D eigenvalue weighted by Gasteiger charge is 2.09. The van der Waals surface area contributed by atoms with E-state index in [1.807, 2.05) is 25.1 Å². The van der Waals surface area contributed by atoms with Crippen molar-refractivity contribution >= 4 is 27.5 Å². The first kappa shape index (κ1) is 15.0. The standard InChI is InChI=1S/C13H19BrN2O2/c1-9(8-15)3-6-13(17)16-11-7-10(14)4-5-12(11)18-2/h4-5,7,9H,3,6,8,15H2,1-2H3,(H,16,17). The maximum Gasteiger partial charge on any atom is 0.224 e. The third-order valence-corrected chi connectivity index (χ3v) is 3.20. The summed E-state index contributed by atoms with van der Waals surface area (Å²) in [6, 6.07) is 5.50. The number of carbonyl (C=O) groups excluding carboxylic acids is 1. The second-order valence-electron chi connectivity index (χ2n) is 4.27. The normalized spacial score (nSPS) is 12.0. The van der Waals surface area contributed by atoms with Crippen LogP contribution in [0.5, 0.6) is 5.75 Å². The molecule has 0 saturated carbocycles. The molecule has 1 aromatic rings. The molecule has 0 saturated heterocycles. The SMILES string of the molecule is COc1ccc(Br)cc1NC(=O)CCC(C)CN. The third kappa shape index (κ3) is 4.66. The average Bonchev–Trinajstić information content (AvgIpc) is 2.36. The van der Waals surface area contributed by atoms with Crippen molar-refractivity contribution < 1.29 is 9.53 Å². The van der Waals surface area contributed by atoms with Crippen LogP contribution in [0.3, 0.4) is 0 Å². The molecule has 0 spiro atoms. The molecule has 0 aliphatic heterocycles. The van der Waals surface area contributed by atoms with E-state index in [-0.39, 0.29) is 5.91 Å². The lowest BCUT2D eigenvalue weighted by Gasteiger charge is -2.12. The van der Waals surface area contributed by atoms with Gasteiger partial charge in [0.1, 0.15) is 5.75 Å². The fourth-order valence-electron chi connectivity index (χ4n) is 1.49. The van der Waals surface area contributed by atoms with E-state index in [4.69, 9.17) is 10.5 Å². The van der Waals surface area contributed by atoms with Crippen molar-refractivity contribution in [3.05, 3.63) is 22.7 Å². The number of hydrogen-bond acceptors (Lipinski definition) is 3. The van der Waals surface area contributed by atoms with Crippen LogP contribution in [0.25, 0.3) is 0 Å². The van der Waals surface area contributed by atoms with Crippen LogP contribution in [0.4, 0.5) is 5.69 Å². The van der Waals surface area contributed by atoms with Gasteiger partial charge in [0.05, 0.1) is 12.8 Å². The molecule has 0 radical (unpaired) electrons. The second-order valence-corrected chi connectivity index (χ2v) is 5.19. The number of benzene rings is 1. The number of halogens is 1. The molecular weight excluding hydrogens is 296 g/mol. The van der Waals surface area contributed by atoms with Gasteiger partial charge in [-0.3, -0.25) is 4.79 Å². The topological polar surface area (TPSA) is 64.3 Å². The highest BCUT2D eigenvalue weighted by atomic mass is 79.9. The number of nitrogens with one attached hydrogen (secondary N) is 1. The van der Waals surface area contributed by atoms with E-state index in [0.717, 1.165) is 10.9 Å². The fraction of sp³-hybridized carbons (Fsp3) is 0.462. The summed E-state index contributed by atoms with van der Waals surface area (Å²) >= 11 is 3.37. The van der Waals surface area contributed by atoms with Crippen LogP contribution in [0.1, 0.15) is 19.8 Å². The Morgan fingerprint density at radius 3 is 2.89 bits per heavy atom. The summed E-state index contributed by atoms with van der Waals surface area (Å²) in [5.41, 5.74) is 6.20. The first-order valence-corrected chi connectivity index (χ1v) is 6.69. The number of hydrogen-bond donors (Lipinski definition) is 2. The number of anilines is 1. The summed E-state index contributed by atoms with van der Waals surface area (Å²) in [5, 5.41) is 2.85. The summed E-state index contributed by atoms with van der Waals surface area (Å²) in [6.45, 7) is 2.64. The largest absolute Gasteiger partial charge is 0.495 e. The minimum atomic E-state index is -0.0216. The van der Waals surface area contributed by atoms with Gasteiger partial charge >= 0.3 is 0 Å². The van der Waals surface area contributed by atoms with Crippen LogP contribution < -0.4 is 15.8 Å². The van der Waals surface area contributed by atoms with Gasteiger partial charge in [0.25, 0.3) is 0 Å². The number of methoxy groups -OCH3 is 1. The van der Waals surface area contributed by atoms with Gasteiger partial charge in [-0.15, -0.1) is 0 Å². The number of nitrogens with two attached hydrogens (primary N) is 1. The number of carbonyl (C=O) groups is 1. The zero-order valence-corrected chi connectivity index (χ0v) is 12.3. The molecule has 0 heterocycles. The van der Waals surface area contributed by atoms with Gasteiger partial charge < -0.3 is 15.8 Å². The smallest absolute Gasteiger partial charge is 0.224 e. The van der Waals surface area contributed by atoms with Crippen molar-refractivity contribution in [2.24, 2.45) is 11.7 Å². The molecule has 1 rings (SSSR count). The van der Waals surface area contributed by atoms with Gasteiger partial charge in [-0.2, -0.15) is 0 Å². The van der Waals surface area contributed by atoms with Gasteiger partial charge in [0.2, 0.25) is 5.91 Å². The molecule has 18 heavy (non-hydrogen) atoms. The van der Waals surface area contributed by atoms with Gasteiger partial charge in [-0.1, -0.05) is 22.9 Å². The lowest BCUT2D eigenvalue weighted by Crippen LogP contribution is -2.16. The quantitative estimate of drug-likeness (QED) is 0.848.